The molecule has 1 N–H and O–H groups in total. The Kier molecular flexibility index (Phi) is 4.15. The number of hydrogen-bond donors (Lipinski definition) is 1. The predicted octanol–water partition coefficient (Wildman–Crippen LogP) is 4.02. The number of ether oxygens (including phenoxy) is 2. The maximum atomic E-state index is 10.8. The van der Waals surface area contributed by atoms with E-state index >= 15 is 0 Å². The first-order valence-corrected chi connectivity index (χ1v) is 8.22. The molecule has 2 aliphatic heterocycles. The SMILES string of the molecule is [N-]=[N+]=N[C@@H]1COC[C@H](N2c3ccccc3Oc3cc(Cl)ccc32)[C@H]1O. The molecule has 0 radical (unpaired) electrons. The zero-order chi connectivity index (χ0) is 17.4. The van der Waals surface area contributed by atoms with Crippen LogP contribution in [-0.2, 0) is 4.74 Å². The lowest BCUT2D eigenvalue weighted by Gasteiger charge is -2.43. The van der Waals surface area contributed by atoms with Gasteiger partial charge in [-0.1, -0.05) is 28.8 Å². The van der Waals surface area contributed by atoms with Crippen LogP contribution in [0.1, 0.15) is 0 Å². The zero-order valence-corrected chi connectivity index (χ0v) is 13.9. The minimum atomic E-state index is -0.876. The van der Waals surface area contributed by atoms with Crippen molar-refractivity contribution < 1.29 is 14.6 Å². The highest BCUT2D eigenvalue weighted by molar-refractivity contribution is 6.30. The normalized spacial score (nSPS) is 24.6. The second-order valence-corrected chi connectivity index (χ2v) is 6.36. The van der Waals surface area contributed by atoms with Crippen LogP contribution in [0.3, 0.4) is 0 Å². The van der Waals surface area contributed by atoms with Crippen LogP contribution in [0, 0.1) is 0 Å². The van der Waals surface area contributed by atoms with Crippen molar-refractivity contribution in [2.24, 2.45) is 5.11 Å². The van der Waals surface area contributed by atoms with Crippen molar-refractivity contribution in [1.82, 2.24) is 0 Å². The number of para-hydroxylation sites is 2. The second-order valence-electron chi connectivity index (χ2n) is 5.92. The quantitative estimate of drug-likeness (QED) is 0.498. The molecule has 0 spiro atoms. The molecule has 1 saturated heterocycles. The largest absolute Gasteiger partial charge is 0.453 e. The fraction of sp³-hybridized carbons (Fsp3) is 0.294. The first kappa shape index (κ1) is 16.1. The molecule has 0 saturated carbocycles. The summed E-state index contributed by atoms with van der Waals surface area (Å²) in [6.45, 7) is 0.496. The summed E-state index contributed by atoms with van der Waals surface area (Å²) in [5, 5.41) is 15.0. The van der Waals surface area contributed by atoms with E-state index in [1.165, 1.54) is 0 Å². The molecule has 8 heteroatoms. The van der Waals surface area contributed by atoms with Crippen LogP contribution >= 0.6 is 11.6 Å². The molecule has 2 heterocycles. The molecule has 2 aliphatic rings. The molecule has 128 valence electrons. The van der Waals surface area contributed by atoms with Crippen molar-refractivity contribution in [2.75, 3.05) is 18.1 Å². The van der Waals surface area contributed by atoms with Gasteiger partial charge >= 0.3 is 0 Å². The zero-order valence-electron chi connectivity index (χ0n) is 13.1. The molecule has 0 unspecified atom stereocenters. The molecule has 3 atom stereocenters. The lowest BCUT2D eigenvalue weighted by Crippen LogP contribution is -2.54. The van der Waals surface area contributed by atoms with E-state index in [2.05, 4.69) is 10.0 Å². The standard InChI is InChI=1S/C17H15ClN4O3/c18-10-5-6-13-16(7-10)25-15-4-2-1-3-12(15)22(13)14-9-24-8-11(17(14)23)20-21-19/h1-7,11,14,17,23H,8-9H2/t11-,14+,17+/m1/s1. The summed E-state index contributed by atoms with van der Waals surface area (Å²) in [6.07, 6.45) is -0.876. The van der Waals surface area contributed by atoms with Crippen LogP contribution in [0.25, 0.3) is 10.4 Å². The van der Waals surface area contributed by atoms with Gasteiger partial charge in [-0.3, -0.25) is 0 Å². The maximum absolute atomic E-state index is 10.8. The van der Waals surface area contributed by atoms with Gasteiger partial charge in [0, 0.05) is 16.0 Å². The number of halogens is 1. The molecule has 0 bridgehead atoms. The fourth-order valence-corrected chi connectivity index (χ4v) is 3.44. The predicted molar refractivity (Wildman–Crippen MR) is 93.7 cm³/mol. The molecular weight excluding hydrogens is 344 g/mol. The van der Waals surface area contributed by atoms with Gasteiger partial charge in [-0.15, -0.1) is 0 Å². The van der Waals surface area contributed by atoms with Crippen LogP contribution < -0.4 is 9.64 Å². The Bertz CT molecular complexity index is 856. The van der Waals surface area contributed by atoms with Crippen LogP contribution in [-0.4, -0.2) is 36.5 Å². The van der Waals surface area contributed by atoms with E-state index in [0.717, 1.165) is 11.4 Å². The smallest absolute Gasteiger partial charge is 0.152 e. The van der Waals surface area contributed by atoms with Gasteiger partial charge in [0.1, 0.15) is 0 Å². The second kappa shape index (κ2) is 6.46. The monoisotopic (exact) mass is 358 g/mol. The molecule has 0 aromatic heterocycles. The van der Waals surface area contributed by atoms with E-state index < -0.39 is 18.2 Å². The van der Waals surface area contributed by atoms with E-state index in [9.17, 15) is 5.11 Å². The fourth-order valence-electron chi connectivity index (χ4n) is 3.28. The van der Waals surface area contributed by atoms with Gasteiger partial charge in [-0.2, -0.15) is 0 Å². The number of rotatable bonds is 2. The number of fused-ring (bicyclic) bond motifs is 2. The molecule has 0 aliphatic carbocycles. The molecule has 0 amide bonds. The Hall–Kier alpha value is -2.44. The van der Waals surface area contributed by atoms with Crippen LogP contribution in [0.2, 0.25) is 5.02 Å². The average molecular weight is 359 g/mol. The molecule has 4 rings (SSSR count). The van der Waals surface area contributed by atoms with Crippen LogP contribution in [0.5, 0.6) is 11.5 Å². The van der Waals surface area contributed by atoms with Crippen molar-refractivity contribution >= 4 is 23.0 Å². The van der Waals surface area contributed by atoms with Crippen molar-refractivity contribution in [3.05, 3.63) is 57.9 Å². The topological polar surface area (TPSA) is 90.7 Å². The van der Waals surface area contributed by atoms with E-state index in [1.54, 1.807) is 12.1 Å². The van der Waals surface area contributed by atoms with Crippen molar-refractivity contribution in [1.29, 1.82) is 0 Å². The Morgan fingerprint density at radius 1 is 1.16 bits per heavy atom. The lowest BCUT2D eigenvalue weighted by molar-refractivity contribution is -0.0193. The van der Waals surface area contributed by atoms with E-state index in [1.807, 2.05) is 35.2 Å². The van der Waals surface area contributed by atoms with E-state index in [0.29, 0.717) is 23.1 Å². The molecular formula is C17H15ClN4O3. The summed E-state index contributed by atoms with van der Waals surface area (Å²) in [6, 6.07) is 11.8. The highest BCUT2D eigenvalue weighted by Crippen LogP contribution is 2.49. The Balaban J connectivity index is 1.82. The van der Waals surface area contributed by atoms with Crippen molar-refractivity contribution in [2.45, 2.75) is 18.2 Å². The summed E-state index contributed by atoms with van der Waals surface area (Å²) in [5.41, 5.74) is 10.3. The third-order valence-electron chi connectivity index (χ3n) is 4.42. The Morgan fingerprint density at radius 2 is 1.96 bits per heavy atom. The van der Waals surface area contributed by atoms with Crippen LogP contribution in [0.4, 0.5) is 11.4 Å². The van der Waals surface area contributed by atoms with Gasteiger partial charge in [0.05, 0.1) is 42.8 Å². The van der Waals surface area contributed by atoms with Crippen LogP contribution in [0.15, 0.2) is 47.6 Å². The highest BCUT2D eigenvalue weighted by atomic mass is 35.5. The van der Waals surface area contributed by atoms with Gasteiger partial charge in [0.15, 0.2) is 11.5 Å². The minimum absolute atomic E-state index is 0.196. The highest BCUT2D eigenvalue weighted by Gasteiger charge is 2.40. The minimum Gasteiger partial charge on any atom is -0.453 e. The summed E-state index contributed by atoms with van der Waals surface area (Å²) >= 11 is 6.10. The van der Waals surface area contributed by atoms with Crippen molar-refractivity contribution in [3.8, 4) is 11.5 Å². The molecule has 7 nitrogen and oxygen atoms in total. The average Bonchev–Trinajstić information content (AvgIpc) is 2.62. The molecule has 2 aromatic rings. The number of aliphatic hydroxyl groups excluding tert-OH is 1. The first-order chi connectivity index (χ1) is 12.2. The number of nitrogens with zero attached hydrogens (tertiary/aromatic N) is 4. The maximum Gasteiger partial charge on any atom is 0.152 e. The van der Waals surface area contributed by atoms with Gasteiger partial charge in [0.25, 0.3) is 0 Å². The van der Waals surface area contributed by atoms with Gasteiger partial charge in [0.2, 0.25) is 0 Å². The third kappa shape index (κ3) is 2.77. The third-order valence-corrected chi connectivity index (χ3v) is 4.66. The molecule has 1 fully saturated rings. The van der Waals surface area contributed by atoms with E-state index in [4.69, 9.17) is 26.6 Å². The summed E-state index contributed by atoms with van der Waals surface area (Å²) in [4.78, 5) is 4.78. The van der Waals surface area contributed by atoms with Crippen molar-refractivity contribution in [3.63, 3.8) is 0 Å². The number of aliphatic hydroxyl groups is 1. The summed E-state index contributed by atoms with van der Waals surface area (Å²) in [5.74, 6) is 1.26. The first-order valence-electron chi connectivity index (χ1n) is 7.84. The number of azide groups is 1. The van der Waals surface area contributed by atoms with E-state index in [-0.39, 0.29) is 6.61 Å². The Morgan fingerprint density at radius 3 is 2.80 bits per heavy atom. The summed E-state index contributed by atoms with van der Waals surface area (Å²) < 4.78 is 11.5. The molecule has 25 heavy (non-hydrogen) atoms. The van der Waals surface area contributed by atoms with Gasteiger partial charge in [-0.25, -0.2) is 0 Å². The lowest BCUT2D eigenvalue weighted by atomic mass is 9.98. The van der Waals surface area contributed by atoms with Gasteiger partial charge in [-0.05, 0) is 29.8 Å². The number of hydrogen-bond acceptors (Lipinski definition) is 5. The summed E-state index contributed by atoms with van der Waals surface area (Å²) in [7, 11) is 0. The Labute approximate surface area is 149 Å². The number of anilines is 2. The molecule has 2 aromatic carbocycles. The van der Waals surface area contributed by atoms with Gasteiger partial charge < -0.3 is 19.5 Å². The number of benzene rings is 2.